The third-order valence-corrected chi connectivity index (χ3v) is 3.40. The summed E-state index contributed by atoms with van der Waals surface area (Å²) in [5.41, 5.74) is 12.2. The van der Waals surface area contributed by atoms with Gasteiger partial charge in [0, 0.05) is 6.54 Å². The van der Waals surface area contributed by atoms with Crippen LogP contribution in [0.3, 0.4) is 0 Å². The summed E-state index contributed by atoms with van der Waals surface area (Å²) in [5, 5.41) is 0. The molecule has 1 nitrogen and oxygen atoms in total. The van der Waals surface area contributed by atoms with Crippen molar-refractivity contribution < 1.29 is 0 Å². The lowest BCUT2D eigenvalue weighted by Gasteiger charge is -2.11. The van der Waals surface area contributed by atoms with Gasteiger partial charge in [-0.15, -0.1) is 12.4 Å². The molecule has 0 atom stereocenters. The van der Waals surface area contributed by atoms with E-state index in [1.165, 1.54) is 27.8 Å². The quantitative estimate of drug-likeness (QED) is 0.866. The lowest BCUT2D eigenvalue weighted by atomic mass is 9.94. The fourth-order valence-corrected chi connectivity index (χ4v) is 2.17. The van der Waals surface area contributed by atoms with Crippen LogP contribution in [0.5, 0.6) is 0 Å². The molecule has 2 aromatic rings. The highest BCUT2D eigenvalue weighted by Gasteiger charge is 2.05. The van der Waals surface area contributed by atoms with Crippen molar-refractivity contribution in [3.05, 3.63) is 59.2 Å². The highest BCUT2D eigenvalue weighted by Crippen LogP contribution is 2.27. The largest absolute Gasteiger partial charge is 0.326 e. The minimum Gasteiger partial charge on any atom is -0.326 e. The van der Waals surface area contributed by atoms with Crippen LogP contribution in [0.4, 0.5) is 0 Å². The van der Waals surface area contributed by atoms with Crippen LogP contribution in [-0.2, 0) is 6.54 Å². The number of benzene rings is 2. The first kappa shape index (κ1) is 15.7. The monoisotopic (exact) mass is 275 g/mol. The summed E-state index contributed by atoms with van der Waals surface area (Å²) in [6.45, 7) is 7.19. The molecule has 0 unspecified atom stereocenters. The average Bonchev–Trinajstić information content (AvgIpc) is 2.39. The van der Waals surface area contributed by atoms with Crippen molar-refractivity contribution >= 4 is 12.4 Å². The third-order valence-electron chi connectivity index (χ3n) is 3.40. The highest BCUT2D eigenvalue weighted by atomic mass is 35.5. The van der Waals surface area contributed by atoms with Gasteiger partial charge in [0.25, 0.3) is 0 Å². The molecule has 2 aromatic carbocycles. The topological polar surface area (TPSA) is 26.0 Å². The minimum absolute atomic E-state index is 0. The molecule has 0 spiro atoms. The van der Waals surface area contributed by atoms with Gasteiger partial charge in [0.2, 0.25) is 0 Å². The molecule has 0 aliphatic carbocycles. The van der Waals surface area contributed by atoms with Crippen LogP contribution in [0, 0.1) is 6.92 Å². The second kappa shape index (κ2) is 6.74. The Morgan fingerprint density at radius 3 is 2.42 bits per heavy atom. The normalized spacial score (nSPS) is 10.4. The Hall–Kier alpha value is -1.31. The molecule has 0 aliphatic heterocycles. The first-order chi connectivity index (χ1) is 8.61. The fraction of sp³-hybridized carbons (Fsp3) is 0.294. The van der Waals surface area contributed by atoms with Crippen molar-refractivity contribution in [2.24, 2.45) is 5.73 Å². The van der Waals surface area contributed by atoms with Crippen molar-refractivity contribution in [3.8, 4) is 11.1 Å². The zero-order valence-electron chi connectivity index (χ0n) is 11.8. The van der Waals surface area contributed by atoms with E-state index in [1.54, 1.807) is 0 Å². The van der Waals surface area contributed by atoms with Crippen LogP contribution >= 0.6 is 12.4 Å². The zero-order valence-corrected chi connectivity index (χ0v) is 12.6. The molecular weight excluding hydrogens is 254 g/mol. The van der Waals surface area contributed by atoms with E-state index in [4.69, 9.17) is 5.73 Å². The van der Waals surface area contributed by atoms with E-state index in [1.807, 2.05) is 0 Å². The molecule has 0 radical (unpaired) electrons. The molecule has 0 bridgehead atoms. The van der Waals surface area contributed by atoms with Gasteiger partial charge < -0.3 is 5.73 Å². The van der Waals surface area contributed by atoms with Gasteiger partial charge in [-0.3, -0.25) is 0 Å². The number of nitrogens with two attached hydrogens (primary N) is 1. The highest BCUT2D eigenvalue weighted by molar-refractivity contribution is 5.85. The van der Waals surface area contributed by atoms with E-state index in [9.17, 15) is 0 Å². The van der Waals surface area contributed by atoms with Crippen LogP contribution < -0.4 is 5.73 Å². The SMILES string of the molecule is Cc1ccc(CN)cc1-c1cccc(C(C)C)c1.Cl. The first-order valence-corrected chi connectivity index (χ1v) is 6.51. The lowest BCUT2D eigenvalue weighted by Crippen LogP contribution is -1.97. The average molecular weight is 276 g/mol. The molecule has 2 N–H and O–H groups in total. The summed E-state index contributed by atoms with van der Waals surface area (Å²) in [6.07, 6.45) is 0. The van der Waals surface area contributed by atoms with Gasteiger partial charge in [-0.2, -0.15) is 0 Å². The van der Waals surface area contributed by atoms with Crippen LogP contribution in [0.15, 0.2) is 42.5 Å². The second-order valence-electron chi connectivity index (χ2n) is 5.13. The van der Waals surface area contributed by atoms with Crippen molar-refractivity contribution in [1.29, 1.82) is 0 Å². The van der Waals surface area contributed by atoms with E-state index >= 15 is 0 Å². The Balaban J connectivity index is 0.00000180. The Bertz CT molecular complexity index is 547. The number of rotatable bonds is 3. The summed E-state index contributed by atoms with van der Waals surface area (Å²) >= 11 is 0. The molecule has 0 heterocycles. The molecule has 0 saturated heterocycles. The van der Waals surface area contributed by atoms with Crippen molar-refractivity contribution in [1.82, 2.24) is 0 Å². The van der Waals surface area contributed by atoms with Gasteiger partial charge in [0.05, 0.1) is 0 Å². The summed E-state index contributed by atoms with van der Waals surface area (Å²) < 4.78 is 0. The van der Waals surface area contributed by atoms with Crippen molar-refractivity contribution in [2.45, 2.75) is 33.2 Å². The van der Waals surface area contributed by atoms with E-state index in [-0.39, 0.29) is 12.4 Å². The standard InChI is InChI=1S/C17H21N.ClH/c1-12(2)15-5-4-6-16(10-15)17-9-14(11-18)8-7-13(17)3;/h4-10,12H,11,18H2,1-3H3;1H. The molecule has 0 fully saturated rings. The van der Waals surface area contributed by atoms with Crippen molar-refractivity contribution in [2.75, 3.05) is 0 Å². The van der Waals surface area contributed by atoms with Crippen molar-refractivity contribution in [3.63, 3.8) is 0 Å². The van der Waals surface area contributed by atoms with Crippen LogP contribution in [0.2, 0.25) is 0 Å². The van der Waals surface area contributed by atoms with E-state index < -0.39 is 0 Å². The summed E-state index contributed by atoms with van der Waals surface area (Å²) in [5.74, 6) is 0.558. The van der Waals surface area contributed by atoms with E-state index in [0.29, 0.717) is 12.5 Å². The molecule has 2 rings (SSSR count). The Kier molecular flexibility index (Phi) is 5.59. The Labute approximate surface area is 122 Å². The lowest BCUT2D eigenvalue weighted by molar-refractivity contribution is 0.867. The maximum absolute atomic E-state index is 5.72. The first-order valence-electron chi connectivity index (χ1n) is 6.51. The number of halogens is 1. The summed E-state index contributed by atoms with van der Waals surface area (Å²) in [4.78, 5) is 0. The minimum atomic E-state index is 0. The van der Waals surface area contributed by atoms with E-state index in [0.717, 1.165) is 0 Å². The molecule has 0 saturated carbocycles. The number of hydrogen-bond donors (Lipinski definition) is 1. The Morgan fingerprint density at radius 1 is 1.05 bits per heavy atom. The molecule has 102 valence electrons. The second-order valence-corrected chi connectivity index (χ2v) is 5.13. The molecule has 0 aliphatic rings. The number of aryl methyl sites for hydroxylation is 1. The maximum atomic E-state index is 5.72. The van der Waals surface area contributed by atoms with Gasteiger partial charge in [0.1, 0.15) is 0 Å². The van der Waals surface area contributed by atoms with E-state index in [2.05, 4.69) is 63.2 Å². The molecule has 0 aromatic heterocycles. The zero-order chi connectivity index (χ0) is 13.1. The predicted molar refractivity (Wildman–Crippen MR) is 85.8 cm³/mol. The Morgan fingerprint density at radius 2 is 1.79 bits per heavy atom. The van der Waals surface area contributed by atoms with Gasteiger partial charge in [-0.05, 0) is 46.7 Å². The van der Waals surface area contributed by atoms with Crippen LogP contribution in [0.25, 0.3) is 11.1 Å². The third kappa shape index (κ3) is 3.59. The summed E-state index contributed by atoms with van der Waals surface area (Å²) in [7, 11) is 0. The van der Waals surface area contributed by atoms with Crippen LogP contribution in [0.1, 0.15) is 36.5 Å². The molecular formula is C17H22ClN. The maximum Gasteiger partial charge on any atom is 0.0178 e. The predicted octanol–water partition coefficient (Wildman–Crippen LogP) is 4.67. The summed E-state index contributed by atoms with van der Waals surface area (Å²) in [6, 6.07) is 15.2. The van der Waals surface area contributed by atoms with Gasteiger partial charge in [-0.1, -0.05) is 50.2 Å². The van der Waals surface area contributed by atoms with Gasteiger partial charge >= 0.3 is 0 Å². The molecule has 19 heavy (non-hydrogen) atoms. The fourth-order valence-electron chi connectivity index (χ4n) is 2.17. The van der Waals surface area contributed by atoms with Gasteiger partial charge in [0.15, 0.2) is 0 Å². The molecule has 2 heteroatoms. The molecule has 0 amide bonds. The number of hydrogen-bond acceptors (Lipinski definition) is 1. The van der Waals surface area contributed by atoms with Gasteiger partial charge in [-0.25, -0.2) is 0 Å². The van der Waals surface area contributed by atoms with Crippen LogP contribution in [-0.4, -0.2) is 0 Å². The smallest absolute Gasteiger partial charge is 0.0178 e.